The van der Waals surface area contributed by atoms with E-state index in [1.807, 2.05) is 32.2 Å². The summed E-state index contributed by atoms with van der Waals surface area (Å²) in [5.74, 6) is 1.85. The zero-order chi connectivity index (χ0) is 12.3. The Kier molecular flexibility index (Phi) is 3.84. The second kappa shape index (κ2) is 5.36. The Bertz CT molecular complexity index is 367. The second-order valence-electron chi connectivity index (χ2n) is 4.79. The third-order valence-electron chi connectivity index (χ3n) is 2.78. The van der Waals surface area contributed by atoms with E-state index in [2.05, 4.69) is 22.1 Å². The summed E-state index contributed by atoms with van der Waals surface area (Å²) in [6.45, 7) is 9.23. The van der Waals surface area contributed by atoms with Crippen molar-refractivity contribution in [2.45, 2.75) is 32.9 Å². The first-order chi connectivity index (χ1) is 8.16. The average Bonchev–Trinajstić information content (AvgIpc) is 2.29. The number of piperazine rings is 1. The van der Waals surface area contributed by atoms with E-state index in [1.54, 1.807) is 0 Å². The Morgan fingerprint density at radius 1 is 1.53 bits per heavy atom. The van der Waals surface area contributed by atoms with Crippen molar-refractivity contribution in [2.75, 3.05) is 24.5 Å². The SMILES string of the molecule is CC(C)Oc1cccnc1N1CCN[C@H](C)C1. The molecule has 1 fully saturated rings. The lowest BCUT2D eigenvalue weighted by molar-refractivity contribution is 0.241. The normalized spacial score (nSPS) is 20.7. The lowest BCUT2D eigenvalue weighted by atomic mass is 10.2. The van der Waals surface area contributed by atoms with Gasteiger partial charge in [-0.25, -0.2) is 4.98 Å². The average molecular weight is 235 g/mol. The highest BCUT2D eigenvalue weighted by atomic mass is 16.5. The molecule has 0 unspecified atom stereocenters. The van der Waals surface area contributed by atoms with Crippen LogP contribution in [0.25, 0.3) is 0 Å². The highest BCUT2D eigenvalue weighted by molar-refractivity contribution is 5.52. The highest BCUT2D eigenvalue weighted by Gasteiger charge is 2.20. The van der Waals surface area contributed by atoms with Gasteiger partial charge in [0.2, 0.25) is 0 Å². The van der Waals surface area contributed by atoms with Crippen LogP contribution >= 0.6 is 0 Å². The first-order valence-electron chi connectivity index (χ1n) is 6.27. The molecule has 2 rings (SSSR count). The number of hydrogen-bond acceptors (Lipinski definition) is 4. The fourth-order valence-corrected chi connectivity index (χ4v) is 2.09. The number of rotatable bonds is 3. The van der Waals surface area contributed by atoms with Crippen molar-refractivity contribution in [3.8, 4) is 5.75 Å². The lowest BCUT2D eigenvalue weighted by Gasteiger charge is -2.33. The van der Waals surface area contributed by atoms with Gasteiger partial charge in [-0.1, -0.05) is 0 Å². The molecule has 17 heavy (non-hydrogen) atoms. The number of nitrogens with zero attached hydrogens (tertiary/aromatic N) is 2. The Labute approximate surface area is 103 Å². The van der Waals surface area contributed by atoms with E-state index in [4.69, 9.17) is 4.74 Å². The predicted octanol–water partition coefficient (Wildman–Crippen LogP) is 1.67. The molecule has 1 aromatic rings. The number of ether oxygens (including phenoxy) is 1. The Morgan fingerprint density at radius 2 is 2.35 bits per heavy atom. The van der Waals surface area contributed by atoms with Gasteiger partial charge in [0.25, 0.3) is 0 Å². The Morgan fingerprint density at radius 3 is 3.06 bits per heavy atom. The molecule has 2 heterocycles. The molecular formula is C13H21N3O. The Balaban J connectivity index is 2.18. The van der Waals surface area contributed by atoms with Crippen LogP contribution in [-0.2, 0) is 0 Å². The van der Waals surface area contributed by atoms with E-state index in [0.717, 1.165) is 31.2 Å². The van der Waals surface area contributed by atoms with Gasteiger partial charge in [-0.05, 0) is 32.9 Å². The van der Waals surface area contributed by atoms with Gasteiger partial charge in [-0.2, -0.15) is 0 Å². The minimum absolute atomic E-state index is 0.179. The number of pyridine rings is 1. The van der Waals surface area contributed by atoms with E-state index >= 15 is 0 Å². The topological polar surface area (TPSA) is 37.4 Å². The van der Waals surface area contributed by atoms with E-state index < -0.39 is 0 Å². The van der Waals surface area contributed by atoms with Crippen LogP contribution in [0.2, 0.25) is 0 Å². The third-order valence-corrected chi connectivity index (χ3v) is 2.78. The van der Waals surface area contributed by atoms with Crippen LogP contribution in [-0.4, -0.2) is 36.8 Å². The van der Waals surface area contributed by atoms with Gasteiger partial charge in [0, 0.05) is 31.9 Å². The fraction of sp³-hybridized carbons (Fsp3) is 0.615. The second-order valence-corrected chi connectivity index (χ2v) is 4.79. The maximum absolute atomic E-state index is 5.81. The summed E-state index contributed by atoms with van der Waals surface area (Å²) in [5.41, 5.74) is 0. The van der Waals surface area contributed by atoms with Crippen molar-refractivity contribution in [1.29, 1.82) is 0 Å². The van der Waals surface area contributed by atoms with Crippen molar-refractivity contribution in [3.05, 3.63) is 18.3 Å². The van der Waals surface area contributed by atoms with Crippen molar-refractivity contribution in [1.82, 2.24) is 10.3 Å². The molecule has 0 bridgehead atoms. The zero-order valence-electron chi connectivity index (χ0n) is 10.8. The van der Waals surface area contributed by atoms with Gasteiger partial charge >= 0.3 is 0 Å². The van der Waals surface area contributed by atoms with E-state index in [0.29, 0.717) is 6.04 Å². The molecule has 0 saturated carbocycles. The summed E-state index contributed by atoms with van der Waals surface area (Å²) in [7, 11) is 0. The van der Waals surface area contributed by atoms with E-state index in [9.17, 15) is 0 Å². The molecule has 4 heteroatoms. The minimum atomic E-state index is 0.179. The molecular weight excluding hydrogens is 214 g/mol. The first kappa shape index (κ1) is 12.2. The monoisotopic (exact) mass is 235 g/mol. The largest absolute Gasteiger partial charge is 0.487 e. The van der Waals surface area contributed by atoms with Gasteiger partial charge in [0.05, 0.1) is 6.10 Å². The van der Waals surface area contributed by atoms with Crippen LogP contribution in [0.3, 0.4) is 0 Å². The first-order valence-corrected chi connectivity index (χ1v) is 6.27. The summed E-state index contributed by atoms with van der Waals surface area (Å²) in [6.07, 6.45) is 2.01. The van der Waals surface area contributed by atoms with Crippen molar-refractivity contribution in [2.24, 2.45) is 0 Å². The number of anilines is 1. The minimum Gasteiger partial charge on any atom is -0.487 e. The van der Waals surface area contributed by atoms with E-state index in [1.165, 1.54) is 0 Å². The van der Waals surface area contributed by atoms with Crippen LogP contribution in [0.4, 0.5) is 5.82 Å². The predicted molar refractivity (Wildman–Crippen MR) is 69.7 cm³/mol. The van der Waals surface area contributed by atoms with Gasteiger partial charge in [0.1, 0.15) is 0 Å². The molecule has 4 nitrogen and oxygen atoms in total. The molecule has 0 spiro atoms. The maximum Gasteiger partial charge on any atom is 0.171 e. The number of aromatic nitrogens is 1. The molecule has 0 radical (unpaired) electrons. The highest BCUT2D eigenvalue weighted by Crippen LogP contribution is 2.26. The molecule has 1 N–H and O–H groups in total. The quantitative estimate of drug-likeness (QED) is 0.864. The Hall–Kier alpha value is -1.29. The molecule has 1 atom stereocenters. The fourth-order valence-electron chi connectivity index (χ4n) is 2.09. The van der Waals surface area contributed by atoms with Crippen LogP contribution in [0.5, 0.6) is 5.75 Å². The van der Waals surface area contributed by atoms with Crippen LogP contribution in [0, 0.1) is 0 Å². The van der Waals surface area contributed by atoms with Crippen molar-refractivity contribution < 1.29 is 4.74 Å². The van der Waals surface area contributed by atoms with Crippen LogP contribution in [0.15, 0.2) is 18.3 Å². The van der Waals surface area contributed by atoms with Gasteiger partial charge in [-0.3, -0.25) is 0 Å². The summed E-state index contributed by atoms with van der Waals surface area (Å²) in [6, 6.07) is 4.42. The smallest absolute Gasteiger partial charge is 0.171 e. The molecule has 0 aromatic carbocycles. The third kappa shape index (κ3) is 3.09. The van der Waals surface area contributed by atoms with Gasteiger partial charge in [-0.15, -0.1) is 0 Å². The van der Waals surface area contributed by atoms with Crippen LogP contribution < -0.4 is 15.0 Å². The number of nitrogens with one attached hydrogen (secondary N) is 1. The summed E-state index contributed by atoms with van der Waals surface area (Å²) < 4.78 is 5.81. The molecule has 94 valence electrons. The number of hydrogen-bond donors (Lipinski definition) is 1. The van der Waals surface area contributed by atoms with Gasteiger partial charge in [0.15, 0.2) is 11.6 Å². The molecule has 1 aromatic heterocycles. The summed E-state index contributed by atoms with van der Waals surface area (Å²) in [4.78, 5) is 6.75. The zero-order valence-corrected chi connectivity index (χ0v) is 10.8. The van der Waals surface area contributed by atoms with E-state index in [-0.39, 0.29) is 6.10 Å². The molecule has 1 saturated heterocycles. The van der Waals surface area contributed by atoms with Gasteiger partial charge < -0.3 is 15.0 Å². The molecule has 0 amide bonds. The summed E-state index contributed by atoms with van der Waals surface area (Å²) >= 11 is 0. The van der Waals surface area contributed by atoms with Crippen LogP contribution in [0.1, 0.15) is 20.8 Å². The standard InChI is InChI=1S/C13H21N3O/c1-10(2)17-12-5-4-6-15-13(12)16-8-7-14-11(3)9-16/h4-6,10-11,14H,7-9H2,1-3H3/t11-/m1/s1. The molecule has 0 aliphatic carbocycles. The lowest BCUT2D eigenvalue weighted by Crippen LogP contribution is -2.49. The molecule has 1 aliphatic rings. The summed E-state index contributed by atoms with van der Waals surface area (Å²) in [5, 5.41) is 3.43. The van der Waals surface area contributed by atoms with Crippen molar-refractivity contribution >= 4 is 5.82 Å². The maximum atomic E-state index is 5.81. The van der Waals surface area contributed by atoms with Crippen molar-refractivity contribution in [3.63, 3.8) is 0 Å². The molecule has 1 aliphatic heterocycles.